The van der Waals surface area contributed by atoms with E-state index in [1.165, 1.54) is 17.2 Å². The number of amides is 1. The van der Waals surface area contributed by atoms with Gasteiger partial charge in [0.15, 0.2) is 0 Å². The normalized spacial score (nSPS) is 22.8. The Kier molecular flexibility index (Phi) is 4.79. The molecule has 4 rings (SSSR count). The van der Waals surface area contributed by atoms with Gasteiger partial charge in [-0.1, -0.05) is 24.3 Å². The van der Waals surface area contributed by atoms with Crippen LogP contribution in [-0.2, 0) is 11.3 Å². The van der Waals surface area contributed by atoms with Crippen molar-refractivity contribution in [2.45, 2.75) is 19.4 Å². The van der Waals surface area contributed by atoms with Crippen LogP contribution in [0.4, 0.5) is 0 Å². The summed E-state index contributed by atoms with van der Waals surface area (Å²) in [6.07, 6.45) is 6.92. The second-order valence-corrected chi connectivity index (χ2v) is 7.29. The van der Waals surface area contributed by atoms with Crippen molar-refractivity contribution >= 4 is 5.91 Å². The molecular weight excluding hydrogens is 342 g/mol. The zero-order valence-electron chi connectivity index (χ0n) is 15.3. The predicted molar refractivity (Wildman–Crippen MR) is 102 cm³/mol. The van der Waals surface area contributed by atoms with Crippen molar-refractivity contribution in [3.05, 3.63) is 58.9 Å². The van der Waals surface area contributed by atoms with Gasteiger partial charge < -0.3 is 10.1 Å². The van der Waals surface area contributed by atoms with Crippen LogP contribution >= 0.6 is 0 Å². The summed E-state index contributed by atoms with van der Waals surface area (Å²) in [5, 5.41) is 7.32. The van der Waals surface area contributed by atoms with Crippen LogP contribution in [-0.4, -0.2) is 29.3 Å². The van der Waals surface area contributed by atoms with Crippen LogP contribution in [0.3, 0.4) is 0 Å². The van der Waals surface area contributed by atoms with Gasteiger partial charge in [-0.25, -0.2) is 4.68 Å². The van der Waals surface area contributed by atoms with Crippen LogP contribution in [0.1, 0.15) is 12.8 Å². The molecule has 1 aromatic carbocycles. The third-order valence-corrected chi connectivity index (χ3v) is 5.50. The molecule has 0 unspecified atom stereocenters. The number of carbonyl (C=O) groups is 1. The van der Waals surface area contributed by atoms with Gasteiger partial charge in [0.05, 0.1) is 12.8 Å². The molecule has 1 saturated carbocycles. The molecule has 1 amide bonds. The molecule has 2 aromatic rings. The lowest BCUT2D eigenvalue weighted by Gasteiger charge is -2.18. The largest absolute Gasteiger partial charge is 0.497 e. The van der Waals surface area contributed by atoms with Crippen LogP contribution in [0.25, 0.3) is 11.3 Å². The summed E-state index contributed by atoms with van der Waals surface area (Å²) >= 11 is 0. The number of hydrogen-bond donors (Lipinski definition) is 1. The number of rotatable bonds is 6. The number of ether oxygens (including phenoxy) is 1. The second kappa shape index (κ2) is 7.39. The number of nitrogens with zero attached hydrogens (tertiary/aromatic N) is 2. The molecule has 2 aliphatic rings. The van der Waals surface area contributed by atoms with Gasteiger partial charge in [0.2, 0.25) is 5.91 Å². The molecule has 0 spiro atoms. The molecule has 2 aliphatic carbocycles. The highest BCUT2D eigenvalue weighted by Crippen LogP contribution is 2.42. The fourth-order valence-corrected chi connectivity index (χ4v) is 4.06. The van der Waals surface area contributed by atoms with Gasteiger partial charge in [-0.2, -0.15) is 5.10 Å². The minimum absolute atomic E-state index is 0.0761. The maximum Gasteiger partial charge on any atom is 0.267 e. The first-order valence-electron chi connectivity index (χ1n) is 9.30. The summed E-state index contributed by atoms with van der Waals surface area (Å²) in [5.41, 5.74) is 1.16. The number of hydrogen-bond acceptors (Lipinski definition) is 4. The monoisotopic (exact) mass is 365 g/mol. The molecular formula is C21H23N3O3. The Balaban J connectivity index is 1.42. The molecule has 1 heterocycles. The molecule has 2 bridgehead atoms. The van der Waals surface area contributed by atoms with Crippen LogP contribution in [0.5, 0.6) is 5.75 Å². The van der Waals surface area contributed by atoms with Crippen LogP contribution in [0.2, 0.25) is 0 Å². The molecule has 6 heteroatoms. The number of carbonyl (C=O) groups excluding carboxylic acids is 1. The van der Waals surface area contributed by atoms with Gasteiger partial charge in [-0.3, -0.25) is 9.59 Å². The molecule has 27 heavy (non-hydrogen) atoms. The third kappa shape index (κ3) is 3.79. The van der Waals surface area contributed by atoms with E-state index in [1.807, 2.05) is 24.3 Å². The number of nitrogens with one attached hydrogen (secondary N) is 1. The Morgan fingerprint density at radius 2 is 2.15 bits per heavy atom. The van der Waals surface area contributed by atoms with Crippen molar-refractivity contribution in [1.29, 1.82) is 0 Å². The average Bonchev–Trinajstić information content (AvgIpc) is 3.31. The molecule has 1 fully saturated rings. The number of methoxy groups -OCH3 is 1. The van der Waals surface area contributed by atoms with Crippen molar-refractivity contribution in [3.8, 4) is 17.0 Å². The smallest absolute Gasteiger partial charge is 0.267 e. The molecule has 3 atom stereocenters. The van der Waals surface area contributed by atoms with E-state index >= 15 is 0 Å². The number of fused-ring (bicyclic) bond motifs is 2. The summed E-state index contributed by atoms with van der Waals surface area (Å²) < 4.78 is 6.44. The van der Waals surface area contributed by atoms with Crippen molar-refractivity contribution < 1.29 is 9.53 Å². The highest BCUT2D eigenvalue weighted by molar-refractivity contribution is 5.75. The third-order valence-electron chi connectivity index (χ3n) is 5.50. The van der Waals surface area contributed by atoms with Crippen molar-refractivity contribution in [1.82, 2.24) is 15.1 Å². The SMILES string of the molecule is COc1cccc(-c2ccc(=O)n(CC(=O)NC[C@H]3C[C@H]4C=C[C@H]3C4)n2)c1. The van der Waals surface area contributed by atoms with Gasteiger partial charge in [0.25, 0.3) is 5.56 Å². The predicted octanol–water partition coefficient (Wildman–Crippen LogP) is 2.25. The van der Waals surface area contributed by atoms with Crippen LogP contribution in [0, 0.1) is 17.8 Å². The first-order valence-corrected chi connectivity index (χ1v) is 9.30. The van der Waals surface area contributed by atoms with Gasteiger partial charge in [-0.15, -0.1) is 0 Å². The summed E-state index contributed by atoms with van der Waals surface area (Å²) in [7, 11) is 1.60. The number of allylic oxidation sites excluding steroid dienone is 2. The maximum atomic E-state index is 12.3. The van der Waals surface area contributed by atoms with Crippen LogP contribution in [0.15, 0.2) is 53.3 Å². The molecule has 0 saturated heterocycles. The first kappa shape index (κ1) is 17.5. The van der Waals surface area contributed by atoms with Crippen LogP contribution < -0.4 is 15.6 Å². The number of benzene rings is 1. The van der Waals surface area contributed by atoms with E-state index < -0.39 is 0 Å². The Hall–Kier alpha value is -2.89. The fourth-order valence-electron chi connectivity index (χ4n) is 4.06. The van der Waals surface area contributed by atoms with Gasteiger partial charge in [0, 0.05) is 18.2 Å². The van der Waals surface area contributed by atoms with E-state index in [0.29, 0.717) is 35.7 Å². The fraction of sp³-hybridized carbons (Fsp3) is 0.381. The highest BCUT2D eigenvalue weighted by Gasteiger charge is 2.35. The molecule has 1 aromatic heterocycles. The number of aromatic nitrogens is 2. The van der Waals surface area contributed by atoms with Crippen molar-refractivity contribution in [3.63, 3.8) is 0 Å². The van der Waals surface area contributed by atoms with Crippen molar-refractivity contribution in [2.24, 2.45) is 17.8 Å². The lowest BCUT2D eigenvalue weighted by atomic mass is 9.94. The molecule has 6 nitrogen and oxygen atoms in total. The summed E-state index contributed by atoms with van der Waals surface area (Å²) in [5.74, 6) is 2.31. The van der Waals surface area contributed by atoms with E-state index in [1.54, 1.807) is 13.2 Å². The first-order chi connectivity index (χ1) is 13.1. The topological polar surface area (TPSA) is 73.2 Å². The van der Waals surface area contributed by atoms with Gasteiger partial charge >= 0.3 is 0 Å². The molecule has 0 radical (unpaired) electrons. The summed E-state index contributed by atoms with van der Waals surface area (Å²) in [4.78, 5) is 24.4. The standard InChI is InChI=1S/C21H23N3O3/c1-27-18-4-2-3-16(11-18)19-7-8-21(26)24(23-19)13-20(25)22-12-17-10-14-5-6-15(17)9-14/h2-8,11,14-15,17H,9-10,12-13H2,1H3,(H,22,25)/t14-,15-,17+/m0/s1. The van der Waals surface area contributed by atoms with Gasteiger partial charge in [-0.05, 0) is 48.8 Å². The molecule has 0 aliphatic heterocycles. The zero-order valence-corrected chi connectivity index (χ0v) is 15.3. The van der Waals surface area contributed by atoms with E-state index in [4.69, 9.17) is 4.74 Å². The highest BCUT2D eigenvalue weighted by atomic mass is 16.5. The van der Waals surface area contributed by atoms with E-state index in [-0.39, 0.29) is 18.0 Å². The summed E-state index contributed by atoms with van der Waals surface area (Å²) in [6.45, 7) is 0.585. The Morgan fingerprint density at radius 1 is 1.26 bits per heavy atom. The lowest BCUT2D eigenvalue weighted by Crippen LogP contribution is -2.36. The Morgan fingerprint density at radius 3 is 2.89 bits per heavy atom. The minimum Gasteiger partial charge on any atom is -0.497 e. The van der Waals surface area contributed by atoms with Gasteiger partial charge in [0.1, 0.15) is 12.3 Å². The lowest BCUT2D eigenvalue weighted by molar-refractivity contribution is -0.122. The molecule has 140 valence electrons. The van der Waals surface area contributed by atoms with Crippen molar-refractivity contribution in [2.75, 3.05) is 13.7 Å². The second-order valence-electron chi connectivity index (χ2n) is 7.29. The quantitative estimate of drug-likeness (QED) is 0.797. The maximum absolute atomic E-state index is 12.3. The summed E-state index contributed by atoms with van der Waals surface area (Å²) in [6, 6.07) is 10.5. The molecule has 1 N–H and O–H groups in total. The Bertz CT molecular complexity index is 934. The minimum atomic E-state index is -0.292. The van der Waals surface area contributed by atoms with E-state index in [9.17, 15) is 9.59 Å². The zero-order chi connectivity index (χ0) is 18.8. The van der Waals surface area contributed by atoms with E-state index in [0.717, 1.165) is 12.0 Å². The van der Waals surface area contributed by atoms with E-state index in [2.05, 4.69) is 22.6 Å². The average molecular weight is 365 g/mol. The Labute approximate surface area is 157 Å².